The smallest absolute Gasteiger partial charge is 0.390 e. The summed E-state index contributed by atoms with van der Waals surface area (Å²) in [6.45, 7) is 4.54. The topological polar surface area (TPSA) is 32.3 Å². The van der Waals surface area contributed by atoms with E-state index in [0.717, 1.165) is 17.7 Å². The average molecular weight is 261 g/mol. The molecule has 0 fully saturated rings. The largest absolute Gasteiger partial charge is 0.416 e. The third kappa shape index (κ3) is 5.51. The molecule has 1 rings (SSSR count). The number of alkyl halides is 3. The van der Waals surface area contributed by atoms with Crippen molar-refractivity contribution >= 4 is 0 Å². The maximum atomic E-state index is 12.3. The Labute approximate surface area is 105 Å². The van der Waals surface area contributed by atoms with Crippen LogP contribution in [0.4, 0.5) is 13.2 Å². The first kappa shape index (κ1) is 15.0. The van der Waals surface area contributed by atoms with Crippen LogP contribution in [0, 0.1) is 0 Å². The van der Waals surface area contributed by atoms with Crippen LogP contribution < -0.4 is 5.32 Å². The van der Waals surface area contributed by atoms with Gasteiger partial charge in [0.2, 0.25) is 0 Å². The molecule has 0 atom stereocenters. The van der Waals surface area contributed by atoms with Crippen molar-refractivity contribution in [2.75, 3.05) is 6.54 Å². The van der Waals surface area contributed by atoms with Crippen LogP contribution in [-0.2, 0) is 12.7 Å². The van der Waals surface area contributed by atoms with E-state index >= 15 is 0 Å². The maximum absolute atomic E-state index is 12.3. The van der Waals surface area contributed by atoms with Crippen LogP contribution in [0.1, 0.15) is 31.4 Å². The summed E-state index contributed by atoms with van der Waals surface area (Å²) in [7, 11) is 0. The third-order valence-electron chi connectivity index (χ3n) is 2.52. The van der Waals surface area contributed by atoms with Gasteiger partial charge in [-0.2, -0.15) is 13.2 Å². The Hall–Kier alpha value is -1.07. The summed E-state index contributed by atoms with van der Waals surface area (Å²) >= 11 is 0. The molecule has 0 saturated heterocycles. The fraction of sp³-hybridized carbons (Fsp3) is 0.538. The first-order chi connectivity index (χ1) is 8.18. The molecular weight excluding hydrogens is 243 g/mol. The van der Waals surface area contributed by atoms with Gasteiger partial charge in [-0.25, -0.2) is 0 Å². The number of hydrogen-bond acceptors (Lipinski definition) is 2. The molecule has 0 spiro atoms. The van der Waals surface area contributed by atoms with Crippen molar-refractivity contribution in [2.24, 2.45) is 0 Å². The summed E-state index contributed by atoms with van der Waals surface area (Å²) in [6, 6.07) is 5.07. The van der Waals surface area contributed by atoms with Crippen LogP contribution in [0.5, 0.6) is 0 Å². The second-order valence-corrected chi connectivity index (χ2v) is 4.93. The minimum Gasteiger partial charge on any atom is -0.390 e. The number of nitrogens with one attached hydrogen (secondary N) is 1. The highest BCUT2D eigenvalue weighted by Crippen LogP contribution is 2.28. The molecule has 0 aliphatic rings. The minimum atomic E-state index is -4.28. The Morgan fingerprint density at radius 2 is 1.67 bits per heavy atom. The van der Waals surface area contributed by atoms with E-state index in [0.29, 0.717) is 19.5 Å². The van der Waals surface area contributed by atoms with Crippen molar-refractivity contribution in [1.82, 2.24) is 5.32 Å². The molecule has 0 amide bonds. The summed E-state index contributed by atoms with van der Waals surface area (Å²) in [4.78, 5) is 0. The van der Waals surface area contributed by atoms with Crippen LogP contribution in [0.15, 0.2) is 24.3 Å². The lowest BCUT2D eigenvalue weighted by molar-refractivity contribution is -0.137. The van der Waals surface area contributed by atoms with Crippen molar-refractivity contribution in [1.29, 1.82) is 0 Å². The molecule has 0 radical (unpaired) electrons. The van der Waals surface area contributed by atoms with Crippen molar-refractivity contribution in [2.45, 2.75) is 38.6 Å². The van der Waals surface area contributed by atoms with Crippen molar-refractivity contribution in [3.05, 3.63) is 35.4 Å². The molecule has 2 N–H and O–H groups in total. The predicted molar refractivity (Wildman–Crippen MR) is 64.1 cm³/mol. The monoisotopic (exact) mass is 261 g/mol. The Balaban J connectivity index is 2.41. The van der Waals surface area contributed by atoms with Gasteiger partial charge in [0.1, 0.15) is 0 Å². The highest BCUT2D eigenvalue weighted by atomic mass is 19.4. The van der Waals surface area contributed by atoms with Crippen LogP contribution in [-0.4, -0.2) is 17.3 Å². The van der Waals surface area contributed by atoms with Crippen LogP contribution in [0.2, 0.25) is 0 Å². The first-order valence-electron chi connectivity index (χ1n) is 5.78. The van der Waals surface area contributed by atoms with Gasteiger partial charge in [-0.1, -0.05) is 12.1 Å². The zero-order valence-corrected chi connectivity index (χ0v) is 10.5. The van der Waals surface area contributed by atoms with Gasteiger partial charge in [-0.05, 0) is 44.5 Å². The lowest BCUT2D eigenvalue weighted by Gasteiger charge is -2.17. The lowest BCUT2D eigenvalue weighted by atomic mass is 10.1. The van der Waals surface area contributed by atoms with Gasteiger partial charge in [0.05, 0.1) is 11.2 Å². The molecule has 0 aromatic heterocycles. The van der Waals surface area contributed by atoms with E-state index in [1.807, 2.05) is 0 Å². The molecule has 5 heteroatoms. The summed E-state index contributed by atoms with van der Waals surface area (Å²) < 4.78 is 36.9. The molecule has 0 heterocycles. The molecule has 102 valence electrons. The van der Waals surface area contributed by atoms with E-state index in [4.69, 9.17) is 0 Å². The number of rotatable bonds is 5. The quantitative estimate of drug-likeness (QED) is 0.799. The molecule has 0 aliphatic carbocycles. The molecule has 0 aliphatic heterocycles. The predicted octanol–water partition coefficient (Wildman–Crippen LogP) is 2.96. The summed E-state index contributed by atoms with van der Waals surface area (Å²) in [6.07, 6.45) is -3.69. The van der Waals surface area contributed by atoms with E-state index in [-0.39, 0.29) is 0 Å². The Morgan fingerprint density at radius 1 is 1.11 bits per heavy atom. The molecule has 0 bridgehead atoms. The minimum absolute atomic E-state index is 0.494. The number of aliphatic hydroxyl groups is 1. The van der Waals surface area contributed by atoms with Gasteiger partial charge < -0.3 is 10.4 Å². The van der Waals surface area contributed by atoms with Gasteiger partial charge in [0.15, 0.2) is 0 Å². The summed E-state index contributed by atoms with van der Waals surface area (Å²) in [5.41, 5.74) is -0.575. The van der Waals surface area contributed by atoms with E-state index < -0.39 is 17.3 Å². The lowest BCUT2D eigenvalue weighted by Crippen LogP contribution is -2.26. The Kier molecular flexibility index (Phi) is 4.76. The normalized spacial score (nSPS) is 12.8. The maximum Gasteiger partial charge on any atom is 0.416 e. The molecule has 2 nitrogen and oxygen atoms in total. The van der Waals surface area contributed by atoms with Crippen LogP contribution in [0.3, 0.4) is 0 Å². The van der Waals surface area contributed by atoms with Gasteiger partial charge in [0.25, 0.3) is 0 Å². The van der Waals surface area contributed by atoms with Crippen molar-refractivity contribution < 1.29 is 18.3 Å². The molecule has 18 heavy (non-hydrogen) atoms. The van der Waals surface area contributed by atoms with Crippen LogP contribution in [0.25, 0.3) is 0 Å². The van der Waals surface area contributed by atoms with E-state index in [9.17, 15) is 18.3 Å². The number of hydrogen-bond donors (Lipinski definition) is 2. The van der Waals surface area contributed by atoms with Crippen LogP contribution >= 0.6 is 0 Å². The van der Waals surface area contributed by atoms with Crippen molar-refractivity contribution in [3.63, 3.8) is 0 Å². The average Bonchev–Trinajstić information content (AvgIpc) is 2.22. The van der Waals surface area contributed by atoms with Gasteiger partial charge >= 0.3 is 6.18 Å². The van der Waals surface area contributed by atoms with E-state index in [2.05, 4.69) is 5.32 Å². The van der Waals surface area contributed by atoms with E-state index in [1.165, 1.54) is 12.1 Å². The summed E-state index contributed by atoms with van der Waals surface area (Å²) in [5.74, 6) is 0. The standard InChI is InChI=1S/C13H18F3NO/c1-12(2,18)7-8-17-9-10-3-5-11(6-4-10)13(14,15)16/h3-6,17-18H,7-9H2,1-2H3. The second kappa shape index (κ2) is 5.71. The van der Waals surface area contributed by atoms with Gasteiger partial charge in [-0.15, -0.1) is 0 Å². The fourth-order valence-corrected chi connectivity index (χ4v) is 1.44. The second-order valence-electron chi connectivity index (χ2n) is 4.93. The molecule has 1 aromatic rings. The highest BCUT2D eigenvalue weighted by Gasteiger charge is 2.29. The zero-order chi connectivity index (χ0) is 13.8. The van der Waals surface area contributed by atoms with Gasteiger partial charge in [-0.3, -0.25) is 0 Å². The number of benzene rings is 1. The Bertz CT molecular complexity index is 365. The molecule has 0 saturated carbocycles. The zero-order valence-electron chi connectivity index (χ0n) is 10.5. The number of halogens is 3. The van der Waals surface area contributed by atoms with E-state index in [1.54, 1.807) is 13.8 Å². The van der Waals surface area contributed by atoms with Gasteiger partial charge in [0, 0.05) is 6.54 Å². The SMILES string of the molecule is CC(C)(O)CCNCc1ccc(C(F)(F)F)cc1. The molecule has 1 aromatic carbocycles. The Morgan fingerprint density at radius 3 is 2.11 bits per heavy atom. The third-order valence-corrected chi connectivity index (χ3v) is 2.52. The molecule has 0 unspecified atom stereocenters. The summed E-state index contributed by atoms with van der Waals surface area (Å²) in [5, 5.41) is 12.6. The first-order valence-corrected chi connectivity index (χ1v) is 5.78. The molecular formula is C13H18F3NO. The van der Waals surface area contributed by atoms with Crippen molar-refractivity contribution in [3.8, 4) is 0 Å². The highest BCUT2D eigenvalue weighted by molar-refractivity contribution is 5.24. The fourth-order valence-electron chi connectivity index (χ4n) is 1.44.